The van der Waals surface area contributed by atoms with Crippen LogP contribution >= 0.6 is 0 Å². The molecule has 3 nitrogen and oxygen atoms in total. The molecule has 1 aromatic carbocycles. The Morgan fingerprint density at radius 1 is 1.29 bits per heavy atom. The maximum Gasteiger partial charge on any atom is 0.126 e. The van der Waals surface area contributed by atoms with Gasteiger partial charge in [-0.1, -0.05) is 25.1 Å². The zero-order valence-electron chi connectivity index (χ0n) is 13.4. The standard InChI is InChI=1S/C17H27FN2O/c1-4-19-16(13-14-7-5-6-8-15(14)18)17(2,3)20-9-11-21-12-10-20/h5-8,16,19H,4,9-13H2,1-3H3. The van der Waals surface area contributed by atoms with Crippen LogP contribution in [0, 0.1) is 5.82 Å². The van der Waals surface area contributed by atoms with Crippen molar-refractivity contribution in [3.05, 3.63) is 35.6 Å². The summed E-state index contributed by atoms with van der Waals surface area (Å²) in [5.74, 6) is -0.113. The summed E-state index contributed by atoms with van der Waals surface area (Å²) < 4.78 is 19.4. The van der Waals surface area contributed by atoms with Gasteiger partial charge in [0.2, 0.25) is 0 Å². The number of benzene rings is 1. The molecule has 1 N–H and O–H groups in total. The van der Waals surface area contributed by atoms with Crippen molar-refractivity contribution in [3.8, 4) is 0 Å². The van der Waals surface area contributed by atoms with Gasteiger partial charge in [-0.25, -0.2) is 4.39 Å². The summed E-state index contributed by atoms with van der Waals surface area (Å²) in [6, 6.07) is 7.28. The summed E-state index contributed by atoms with van der Waals surface area (Å²) in [4.78, 5) is 2.45. The lowest BCUT2D eigenvalue weighted by atomic mass is 9.87. The molecule has 1 aliphatic rings. The predicted octanol–water partition coefficient (Wildman–Crippen LogP) is 2.46. The lowest BCUT2D eigenvalue weighted by Gasteiger charge is -2.46. The van der Waals surface area contributed by atoms with Crippen molar-refractivity contribution in [3.63, 3.8) is 0 Å². The van der Waals surface area contributed by atoms with E-state index in [0.717, 1.165) is 38.4 Å². The summed E-state index contributed by atoms with van der Waals surface area (Å²) in [6.07, 6.45) is 0.699. The largest absolute Gasteiger partial charge is 0.379 e. The summed E-state index contributed by atoms with van der Waals surface area (Å²) in [6.45, 7) is 10.9. The van der Waals surface area contributed by atoms with Crippen LogP contribution < -0.4 is 5.32 Å². The van der Waals surface area contributed by atoms with E-state index in [0.29, 0.717) is 6.42 Å². The van der Waals surface area contributed by atoms with Crippen LogP contribution in [0.2, 0.25) is 0 Å². The van der Waals surface area contributed by atoms with Crippen molar-refractivity contribution in [1.82, 2.24) is 10.2 Å². The van der Waals surface area contributed by atoms with Crippen molar-refractivity contribution in [2.24, 2.45) is 0 Å². The van der Waals surface area contributed by atoms with Crippen molar-refractivity contribution < 1.29 is 9.13 Å². The van der Waals surface area contributed by atoms with Crippen LogP contribution in [0.15, 0.2) is 24.3 Å². The van der Waals surface area contributed by atoms with E-state index in [2.05, 4.69) is 31.0 Å². The van der Waals surface area contributed by atoms with Gasteiger partial charge >= 0.3 is 0 Å². The number of halogens is 1. The Hall–Kier alpha value is -0.970. The number of morpholine rings is 1. The van der Waals surface area contributed by atoms with Gasteiger partial charge in [-0.2, -0.15) is 0 Å². The molecular formula is C17H27FN2O. The Balaban J connectivity index is 2.15. The molecule has 1 unspecified atom stereocenters. The Morgan fingerprint density at radius 2 is 1.95 bits per heavy atom. The first-order valence-corrected chi connectivity index (χ1v) is 7.85. The van der Waals surface area contributed by atoms with E-state index in [9.17, 15) is 4.39 Å². The van der Waals surface area contributed by atoms with Crippen molar-refractivity contribution in [2.75, 3.05) is 32.8 Å². The van der Waals surface area contributed by atoms with E-state index in [1.54, 1.807) is 12.1 Å². The molecule has 1 saturated heterocycles. The fourth-order valence-electron chi connectivity index (χ4n) is 3.06. The third-order valence-electron chi connectivity index (χ3n) is 4.51. The van der Waals surface area contributed by atoms with Gasteiger partial charge in [0.25, 0.3) is 0 Å². The average molecular weight is 294 g/mol. The van der Waals surface area contributed by atoms with Gasteiger partial charge in [-0.05, 0) is 38.4 Å². The monoisotopic (exact) mass is 294 g/mol. The normalized spacial score (nSPS) is 18.7. The topological polar surface area (TPSA) is 24.5 Å². The minimum atomic E-state index is -0.113. The number of likely N-dealkylation sites (N-methyl/N-ethyl adjacent to an activating group) is 1. The third-order valence-corrected chi connectivity index (χ3v) is 4.51. The van der Waals surface area contributed by atoms with E-state index in [4.69, 9.17) is 4.74 Å². The van der Waals surface area contributed by atoms with Crippen LogP contribution in [-0.2, 0) is 11.2 Å². The van der Waals surface area contributed by atoms with Crippen LogP contribution in [0.1, 0.15) is 26.3 Å². The van der Waals surface area contributed by atoms with Gasteiger partial charge in [-0.3, -0.25) is 4.90 Å². The van der Waals surface area contributed by atoms with E-state index in [1.807, 2.05) is 12.1 Å². The van der Waals surface area contributed by atoms with Gasteiger partial charge in [0.05, 0.1) is 13.2 Å². The minimum Gasteiger partial charge on any atom is -0.379 e. The molecule has 1 aromatic rings. The zero-order chi connectivity index (χ0) is 15.3. The van der Waals surface area contributed by atoms with Crippen molar-refractivity contribution >= 4 is 0 Å². The van der Waals surface area contributed by atoms with Gasteiger partial charge in [0.15, 0.2) is 0 Å². The Morgan fingerprint density at radius 3 is 2.57 bits per heavy atom. The molecule has 0 radical (unpaired) electrons. The van der Waals surface area contributed by atoms with Crippen LogP contribution in [0.5, 0.6) is 0 Å². The summed E-state index contributed by atoms with van der Waals surface area (Å²) >= 11 is 0. The van der Waals surface area contributed by atoms with Gasteiger partial charge in [0.1, 0.15) is 5.82 Å². The van der Waals surface area contributed by atoms with Gasteiger partial charge in [0, 0.05) is 24.7 Å². The summed E-state index contributed by atoms with van der Waals surface area (Å²) in [5, 5.41) is 3.55. The highest BCUT2D eigenvalue weighted by atomic mass is 19.1. The lowest BCUT2D eigenvalue weighted by Crippen LogP contribution is -2.61. The highest BCUT2D eigenvalue weighted by Gasteiger charge is 2.36. The molecule has 21 heavy (non-hydrogen) atoms. The minimum absolute atomic E-state index is 0.0396. The van der Waals surface area contributed by atoms with E-state index < -0.39 is 0 Å². The fraction of sp³-hybridized carbons (Fsp3) is 0.647. The molecule has 2 rings (SSSR count). The van der Waals surface area contributed by atoms with Crippen LogP contribution in [-0.4, -0.2) is 49.3 Å². The summed E-state index contributed by atoms with van der Waals surface area (Å²) in [7, 11) is 0. The van der Waals surface area contributed by atoms with Crippen LogP contribution in [0.4, 0.5) is 4.39 Å². The molecule has 0 aliphatic carbocycles. The first-order valence-electron chi connectivity index (χ1n) is 7.85. The maximum absolute atomic E-state index is 14.0. The molecule has 0 saturated carbocycles. The Kier molecular flexibility index (Phi) is 5.73. The molecule has 1 atom stereocenters. The molecule has 0 amide bonds. The fourth-order valence-corrected chi connectivity index (χ4v) is 3.06. The highest BCUT2D eigenvalue weighted by molar-refractivity contribution is 5.19. The molecular weight excluding hydrogens is 267 g/mol. The second kappa shape index (κ2) is 7.34. The van der Waals surface area contributed by atoms with E-state index in [1.165, 1.54) is 0 Å². The van der Waals surface area contributed by atoms with Crippen molar-refractivity contribution in [2.45, 2.75) is 38.8 Å². The number of hydrogen-bond acceptors (Lipinski definition) is 3. The summed E-state index contributed by atoms with van der Waals surface area (Å²) in [5.41, 5.74) is 0.743. The molecule has 1 fully saturated rings. The first kappa shape index (κ1) is 16.4. The van der Waals surface area contributed by atoms with Gasteiger partial charge in [-0.15, -0.1) is 0 Å². The Labute approximate surface area is 127 Å². The molecule has 0 spiro atoms. The molecule has 0 aromatic heterocycles. The molecule has 1 heterocycles. The maximum atomic E-state index is 14.0. The van der Waals surface area contributed by atoms with Crippen molar-refractivity contribution in [1.29, 1.82) is 0 Å². The first-order chi connectivity index (χ1) is 10.1. The van der Waals surface area contributed by atoms with Crippen LogP contribution in [0.3, 0.4) is 0 Å². The van der Waals surface area contributed by atoms with Gasteiger partial charge < -0.3 is 10.1 Å². The average Bonchev–Trinajstić information content (AvgIpc) is 2.50. The number of rotatable bonds is 6. The molecule has 1 aliphatic heterocycles. The lowest BCUT2D eigenvalue weighted by molar-refractivity contribution is -0.0231. The highest BCUT2D eigenvalue weighted by Crippen LogP contribution is 2.24. The number of nitrogens with one attached hydrogen (secondary N) is 1. The zero-order valence-corrected chi connectivity index (χ0v) is 13.4. The quantitative estimate of drug-likeness (QED) is 0.872. The number of hydrogen-bond donors (Lipinski definition) is 1. The molecule has 4 heteroatoms. The van der Waals surface area contributed by atoms with Crippen LogP contribution in [0.25, 0.3) is 0 Å². The second-order valence-electron chi connectivity index (χ2n) is 6.16. The third kappa shape index (κ3) is 4.02. The SMILES string of the molecule is CCNC(Cc1ccccc1F)C(C)(C)N1CCOCC1. The van der Waals surface area contributed by atoms with E-state index in [-0.39, 0.29) is 17.4 Å². The number of ether oxygens (including phenoxy) is 1. The predicted molar refractivity (Wildman–Crippen MR) is 84.0 cm³/mol. The second-order valence-corrected chi connectivity index (χ2v) is 6.16. The molecule has 118 valence electrons. The smallest absolute Gasteiger partial charge is 0.126 e. The Bertz CT molecular complexity index is 444. The number of nitrogens with zero attached hydrogens (tertiary/aromatic N) is 1. The van der Waals surface area contributed by atoms with E-state index >= 15 is 0 Å². The molecule has 0 bridgehead atoms.